The molecule has 0 radical (unpaired) electrons. The SMILES string of the molecule is COc1cncc(-c2[nH]nc3nc(C4Cc5ccccc5C4)nc(N)c23)c1. The van der Waals surface area contributed by atoms with Gasteiger partial charge in [0.05, 0.1) is 24.4 Å². The molecule has 7 heteroatoms. The van der Waals surface area contributed by atoms with E-state index in [2.05, 4.69) is 44.4 Å². The molecule has 0 bridgehead atoms. The van der Waals surface area contributed by atoms with E-state index in [-0.39, 0.29) is 5.92 Å². The summed E-state index contributed by atoms with van der Waals surface area (Å²) in [6.07, 6.45) is 5.24. The Labute approximate surface area is 155 Å². The van der Waals surface area contributed by atoms with Gasteiger partial charge in [0, 0.05) is 17.7 Å². The summed E-state index contributed by atoms with van der Waals surface area (Å²) in [7, 11) is 1.61. The molecule has 0 saturated carbocycles. The van der Waals surface area contributed by atoms with Gasteiger partial charge in [0.15, 0.2) is 5.65 Å². The Morgan fingerprint density at radius 1 is 1.11 bits per heavy atom. The first-order valence-corrected chi connectivity index (χ1v) is 8.80. The summed E-state index contributed by atoms with van der Waals surface area (Å²) >= 11 is 0. The van der Waals surface area contributed by atoms with Crippen molar-refractivity contribution >= 4 is 16.9 Å². The Morgan fingerprint density at radius 2 is 1.89 bits per heavy atom. The molecule has 0 unspecified atom stereocenters. The molecule has 7 nitrogen and oxygen atoms in total. The molecule has 5 rings (SSSR count). The molecule has 0 atom stereocenters. The molecule has 27 heavy (non-hydrogen) atoms. The number of rotatable bonds is 3. The molecule has 0 spiro atoms. The average molecular weight is 358 g/mol. The average Bonchev–Trinajstić information content (AvgIpc) is 3.32. The van der Waals surface area contributed by atoms with Crippen LogP contribution in [-0.4, -0.2) is 32.3 Å². The Kier molecular flexibility index (Phi) is 3.53. The summed E-state index contributed by atoms with van der Waals surface area (Å²) in [5.74, 6) is 2.07. The Morgan fingerprint density at radius 3 is 2.63 bits per heavy atom. The first kappa shape index (κ1) is 15.7. The van der Waals surface area contributed by atoms with E-state index in [0.29, 0.717) is 22.6 Å². The van der Waals surface area contributed by atoms with Gasteiger partial charge in [-0.1, -0.05) is 24.3 Å². The summed E-state index contributed by atoms with van der Waals surface area (Å²) in [6.45, 7) is 0. The van der Waals surface area contributed by atoms with E-state index in [1.807, 2.05) is 6.07 Å². The smallest absolute Gasteiger partial charge is 0.187 e. The van der Waals surface area contributed by atoms with Crippen molar-refractivity contribution in [3.63, 3.8) is 0 Å². The lowest BCUT2D eigenvalue weighted by Gasteiger charge is -2.09. The minimum Gasteiger partial charge on any atom is -0.495 e. The number of hydrogen-bond acceptors (Lipinski definition) is 6. The first-order chi connectivity index (χ1) is 13.2. The summed E-state index contributed by atoms with van der Waals surface area (Å²) in [5, 5.41) is 8.11. The van der Waals surface area contributed by atoms with Crippen LogP contribution < -0.4 is 10.5 Å². The van der Waals surface area contributed by atoms with Crippen LogP contribution in [0.1, 0.15) is 22.9 Å². The first-order valence-electron chi connectivity index (χ1n) is 8.80. The Balaban J connectivity index is 1.56. The van der Waals surface area contributed by atoms with Crippen molar-refractivity contribution in [1.82, 2.24) is 25.1 Å². The molecule has 3 heterocycles. The van der Waals surface area contributed by atoms with Gasteiger partial charge in [-0.25, -0.2) is 9.97 Å². The lowest BCUT2D eigenvalue weighted by atomic mass is 10.1. The monoisotopic (exact) mass is 358 g/mol. The van der Waals surface area contributed by atoms with Crippen molar-refractivity contribution in [1.29, 1.82) is 0 Å². The highest BCUT2D eigenvalue weighted by Gasteiger charge is 2.26. The maximum Gasteiger partial charge on any atom is 0.187 e. The molecular formula is C20H18N6O. The third kappa shape index (κ3) is 2.59. The number of anilines is 1. The molecule has 0 saturated heterocycles. The third-order valence-electron chi connectivity index (χ3n) is 5.11. The summed E-state index contributed by atoms with van der Waals surface area (Å²) in [5.41, 5.74) is 11.2. The van der Waals surface area contributed by atoms with Crippen molar-refractivity contribution in [3.8, 4) is 17.0 Å². The molecule has 0 aliphatic heterocycles. The van der Waals surface area contributed by atoms with Gasteiger partial charge in [-0.3, -0.25) is 10.1 Å². The van der Waals surface area contributed by atoms with Crippen LogP contribution in [0.25, 0.3) is 22.3 Å². The van der Waals surface area contributed by atoms with Crippen molar-refractivity contribution in [2.45, 2.75) is 18.8 Å². The highest BCUT2D eigenvalue weighted by molar-refractivity contribution is 5.98. The minimum atomic E-state index is 0.229. The van der Waals surface area contributed by atoms with E-state index >= 15 is 0 Å². The van der Waals surface area contributed by atoms with Crippen LogP contribution in [0.15, 0.2) is 42.7 Å². The standard InChI is InChI=1S/C20H18N6O/c1-27-15-8-14(9-22-10-15)17-16-18(21)23-19(24-20(16)26-25-17)13-6-11-4-2-3-5-12(11)7-13/h2-5,8-10,13H,6-7H2,1H3,(H3,21,23,24,25,26). The van der Waals surface area contributed by atoms with Gasteiger partial charge in [-0.05, 0) is 30.0 Å². The lowest BCUT2D eigenvalue weighted by molar-refractivity contribution is 0.413. The van der Waals surface area contributed by atoms with Crippen LogP contribution in [0.3, 0.4) is 0 Å². The number of pyridine rings is 1. The quantitative estimate of drug-likeness (QED) is 0.584. The highest BCUT2D eigenvalue weighted by atomic mass is 16.5. The van der Waals surface area contributed by atoms with E-state index in [4.69, 9.17) is 15.5 Å². The molecule has 3 N–H and O–H groups in total. The normalized spacial score (nSPS) is 13.8. The predicted octanol–water partition coefficient (Wildman–Crippen LogP) is 2.89. The second kappa shape index (κ2) is 6.05. The van der Waals surface area contributed by atoms with Gasteiger partial charge in [0.1, 0.15) is 17.4 Å². The molecule has 134 valence electrons. The number of H-pyrrole nitrogens is 1. The summed E-state index contributed by atoms with van der Waals surface area (Å²) in [6, 6.07) is 10.4. The van der Waals surface area contributed by atoms with Crippen LogP contribution in [-0.2, 0) is 12.8 Å². The molecule has 1 aliphatic rings. The molecule has 1 aromatic carbocycles. The van der Waals surface area contributed by atoms with Crippen molar-refractivity contribution in [2.24, 2.45) is 0 Å². The van der Waals surface area contributed by atoms with E-state index in [9.17, 15) is 0 Å². The second-order valence-corrected chi connectivity index (χ2v) is 6.75. The van der Waals surface area contributed by atoms with Crippen molar-refractivity contribution in [2.75, 3.05) is 12.8 Å². The Hall–Kier alpha value is -3.48. The minimum absolute atomic E-state index is 0.229. The van der Waals surface area contributed by atoms with Crippen LogP contribution in [0, 0.1) is 0 Å². The maximum absolute atomic E-state index is 6.32. The molecule has 4 aromatic rings. The second-order valence-electron chi connectivity index (χ2n) is 6.75. The molecule has 0 amide bonds. The van der Waals surface area contributed by atoms with Crippen LogP contribution >= 0.6 is 0 Å². The maximum atomic E-state index is 6.32. The van der Waals surface area contributed by atoms with E-state index in [1.54, 1.807) is 19.5 Å². The highest BCUT2D eigenvalue weighted by Crippen LogP contribution is 2.35. The van der Waals surface area contributed by atoms with Crippen LogP contribution in [0.5, 0.6) is 5.75 Å². The molecule has 1 aliphatic carbocycles. The number of aromatic amines is 1. The van der Waals surface area contributed by atoms with Crippen LogP contribution in [0.2, 0.25) is 0 Å². The molecule has 0 fully saturated rings. The van der Waals surface area contributed by atoms with E-state index in [1.165, 1.54) is 11.1 Å². The predicted molar refractivity (Wildman–Crippen MR) is 102 cm³/mol. The van der Waals surface area contributed by atoms with Crippen molar-refractivity contribution < 1.29 is 4.74 Å². The third-order valence-corrected chi connectivity index (χ3v) is 5.11. The van der Waals surface area contributed by atoms with Gasteiger partial charge in [-0.2, -0.15) is 5.10 Å². The lowest BCUT2D eigenvalue weighted by Crippen LogP contribution is -2.07. The molecular weight excluding hydrogens is 340 g/mol. The fraction of sp³-hybridized carbons (Fsp3) is 0.200. The van der Waals surface area contributed by atoms with E-state index in [0.717, 1.165) is 29.9 Å². The van der Waals surface area contributed by atoms with Gasteiger partial charge >= 0.3 is 0 Å². The molecule has 3 aromatic heterocycles. The van der Waals surface area contributed by atoms with Gasteiger partial charge < -0.3 is 10.5 Å². The zero-order valence-corrected chi connectivity index (χ0v) is 14.8. The summed E-state index contributed by atoms with van der Waals surface area (Å²) < 4.78 is 5.25. The van der Waals surface area contributed by atoms with Gasteiger partial charge in [0.25, 0.3) is 0 Å². The number of nitrogens with zero attached hydrogens (tertiary/aromatic N) is 4. The number of nitrogens with two attached hydrogens (primary N) is 1. The number of methoxy groups -OCH3 is 1. The number of nitrogen functional groups attached to an aromatic ring is 1. The number of nitrogens with one attached hydrogen (secondary N) is 1. The van der Waals surface area contributed by atoms with E-state index < -0.39 is 0 Å². The zero-order chi connectivity index (χ0) is 18.4. The Bertz CT molecular complexity index is 1130. The number of ether oxygens (including phenoxy) is 1. The zero-order valence-electron chi connectivity index (χ0n) is 14.8. The van der Waals surface area contributed by atoms with Crippen molar-refractivity contribution in [3.05, 3.63) is 59.7 Å². The number of aromatic nitrogens is 5. The fourth-order valence-corrected chi connectivity index (χ4v) is 3.77. The topological polar surface area (TPSA) is 103 Å². The van der Waals surface area contributed by atoms with Gasteiger partial charge in [-0.15, -0.1) is 0 Å². The summed E-state index contributed by atoms with van der Waals surface area (Å²) in [4.78, 5) is 13.5. The number of benzene rings is 1. The van der Waals surface area contributed by atoms with Crippen LogP contribution in [0.4, 0.5) is 5.82 Å². The van der Waals surface area contributed by atoms with Gasteiger partial charge in [0.2, 0.25) is 0 Å². The fourth-order valence-electron chi connectivity index (χ4n) is 3.77. The largest absolute Gasteiger partial charge is 0.495 e. The number of hydrogen-bond donors (Lipinski definition) is 2. The number of fused-ring (bicyclic) bond motifs is 2.